The molecule has 20 heavy (non-hydrogen) atoms. The largest absolute Gasteiger partial charge is 0.408 e. The normalized spacial score (nSPS) is 16.2. The maximum absolute atomic E-state index is 6.11. The molecule has 0 radical (unpaired) electrons. The van der Waals surface area contributed by atoms with Gasteiger partial charge in [0.1, 0.15) is 0 Å². The maximum Gasteiger partial charge on any atom is 0.315 e. The van der Waals surface area contributed by atoms with E-state index in [4.69, 9.17) is 16.0 Å². The van der Waals surface area contributed by atoms with Gasteiger partial charge in [-0.25, -0.2) is 0 Å². The molecule has 0 saturated heterocycles. The van der Waals surface area contributed by atoms with Crippen molar-refractivity contribution < 1.29 is 4.42 Å². The van der Waals surface area contributed by atoms with E-state index in [0.717, 1.165) is 29.3 Å². The van der Waals surface area contributed by atoms with E-state index in [1.807, 2.05) is 24.3 Å². The number of halogens is 1. The smallest absolute Gasteiger partial charge is 0.315 e. The summed E-state index contributed by atoms with van der Waals surface area (Å²) in [6.45, 7) is 0.589. The third kappa shape index (κ3) is 3.12. The summed E-state index contributed by atoms with van der Waals surface area (Å²) in [7, 11) is 0. The van der Waals surface area contributed by atoms with Gasteiger partial charge >= 0.3 is 6.01 Å². The highest BCUT2D eigenvalue weighted by Gasteiger charge is 2.21. The van der Waals surface area contributed by atoms with Gasteiger partial charge in [0.15, 0.2) is 0 Å². The predicted octanol–water partition coefficient (Wildman–Crippen LogP) is 4.38. The first kappa shape index (κ1) is 13.4. The third-order valence-electron chi connectivity index (χ3n) is 3.78. The van der Waals surface area contributed by atoms with Gasteiger partial charge in [-0.3, -0.25) is 0 Å². The molecule has 1 aromatic carbocycles. The van der Waals surface area contributed by atoms with Crippen LogP contribution in [0.1, 0.15) is 49.5 Å². The van der Waals surface area contributed by atoms with Crippen LogP contribution in [0, 0.1) is 0 Å². The molecule has 4 nitrogen and oxygen atoms in total. The van der Waals surface area contributed by atoms with Crippen LogP contribution in [0.15, 0.2) is 28.7 Å². The number of hydrogen-bond acceptors (Lipinski definition) is 4. The minimum atomic E-state index is 0.437. The number of anilines is 1. The summed E-state index contributed by atoms with van der Waals surface area (Å²) < 4.78 is 5.71. The lowest BCUT2D eigenvalue weighted by Gasteiger charge is -2.17. The van der Waals surface area contributed by atoms with Gasteiger partial charge in [0.25, 0.3) is 0 Å². The molecule has 1 aromatic heterocycles. The molecule has 0 spiro atoms. The zero-order valence-corrected chi connectivity index (χ0v) is 12.1. The number of benzene rings is 1. The van der Waals surface area contributed by atoms with Crippen LogP contribution >= 0.6 is 11.6 Å². The molecule has 106 valence electrons. The molecule has 5 heteroatoms. The molecule has 0 aliphatic heterocycles. The Hall–Kier alpha value is -1.55. The van der Waals surface area contributed by atoms with Crippen molar-refractivity contribution in [1.82, 2.24) is 10.2 Å². The minimum Gasteiger partial charge on any atom is -0.408 e. The maximum atomic E-state index is 6.11. The Bertz CT molecular complexity index is 564. The highest BCUT2D eigenvalue weighted by molar-refractivity contribution is 6.31. The zero-order valence-electron chi connectivity index (χ0n) is 11.3. The lowest BCUT2D eigenvalue weighted by Crippen LogP contribution is -2.04. The quantitative estimate of drug-likeness (QED) is 0.908. The van der Waals surface area contributed by atoms with Crippen LogP contribution in [0.3, 0.4) is 0 Å². The third-order valence-corrected chi connectivity index (χ3v) is 4.15. The Balaban J connectivity index is 1.61. The Labute approximate surface area is 123 Å². The minimum absolute atomic E-state index is 0.437. The summed E-state index contributed by atoms with van der Waals surface area (Å²) in [5.74, 6) is 1.21. The standard InChI is InChI=1S/C15H18ClN3O/c16-13-9-5-4-8-12(13)10-17-15-19-18-14(20-15)11-6-2-1-3-7-11/h4-5,8-9,11H,1-3,6-7,10H2,(H,17,19). The Morgan fingerprint density at radius 3 is 2.75 bits per heavy atom. The van der Waals surface area contributed by atoms with Gasteiger partial charge in [-0.05, 0) is 24.5 Å². The van der Waals surface area contributed by atoms with E-state index < -0.39 is 0 Å². The molecule has 1 N–H and O–H groups in total. The van der Waals surface area contributed by atoms with E-state index >= 15 is 0 Å². The van der Waals surface area contributed by atoms with E-state index in [0.29, 0.717) is 18.5 Å². The van der Waals surface area contributed by atoms with Gasteiger partial charge < -0.3 is 9.73 Å². The van der Waals surface area contributed by atoms with E-state index in [1.165, 1.54) is 19.3 Å². The molecule has 0 bridgehead atoms. The first-order chi connectivity index (χ1) is 9.83. The molecule has 0 unspecified atom stereocenters. The summed E-state index contributed by atoms with van der Waals surface area (Å²) >= 11 is 6.11. The van der Waals surface area contributed by atoms with Crippen molar-refractivity contribution in [3.05, 3.63) is 40.7 Å². The molecular weight excluding hydrogens is 274 g/mol. The van der Waals surface area contributed by atoms with Gasteiger partial charge in [0.2, 0.25) is 5.89 Å². The SMILES string of the molecule is Clc1ccccc1CNc1nnc(C2CCCCC2)o1. The molecule has 1 aliphatic carbocycles. The van der Waals surface area contributed by atoms with Crippen molar-refractivity contribution in [3.63, 3.8) is 0 Å². The van der Waals surface area contributed by atoms with Gasteiger partial charge in [-0.15, -0.1) is 5.10 Å². The number of hydrogen-bond donors (Lipinski definition) is 1. The fraction of sp³-hybridized carbons (Fsp3) is 0.467. The Morgan fingerprint density at radius 1 is 1.15 bits per heavy atom. The molecule has 1 fully saturated rings. The predicted molar refractivity (Wildman–Crippen MR) is 78.9 cm³/mol. The van der Waals surface area contributed by atoms with Crippen molar-refractivity contribution >= 4 is 17.6 Å². The van der Waals surface area contributed by atoms with Gasteiger partial charge in [-0.2, -0.15) is 0 Å². The van der Waals surface area contributed by atoms with Crippen LogP contribution < -0.4 is 5.32 Å². The molecule has 1 heterocycles. The van der Waals surface area contributed by atoms with Crippen LogP contribution in [0.5, 0.6) is 0 Å². The summed E-state index contributed by atoms with van der Waals surface area (Å²) in [6, 6.07) is 8.21. The van der Waals surface area contributed by atoms with Crippen LogP contribution in [0.2, 0.25) is 5.02 Å². The molecule has 0 amide bonds. The lowest BCUT2D eigenvalue weighted by molar-refractivity contribution is 0.367. The highest BCUT2D eigenvalue weighted by atomic mass is 35.5. The molecule has 0 atom stereocenters. The number of nitrogens with one attached hydrogen (secondary N) is 1. The lowest BCUT2D eigenvalue weighted by atomic mass is 9.89. The summed E-state index contributed by atoms with van der Waals surface area (Å²) in [4.78, 5) is 0. The monoisotopic (exact) mass is 291 g/mol. The van der Waals surface area contributed by atoms with Gasteiger partial charge in [0, 0.05) is 17.5 Å². The van der Waals surface area contributed by atoms with Crippen LogP contribution in [0.4, 0.5) is 6.01 Å². The summed E-state index contributed by atoms with van der Waals surface area (Å²) in [5.41, 5.74) is 1.02. The second kappa shape index (κ2) is 6.27. The van der Waals surface area contributed by atoms with Crippen molar-refractivity contribution in [3.8, 4) is 0 Å². The first-order valence-electron chi connectivity index (χ1n) is 7.13. The average molecular weight is 292 g/mol. The molecule has 1 aliphatic rings. The number of nitrogens with zero attached hydrogens (tertiary/aromatic N) is 2. The molecule has 3 rings (SSSR count). The Kier molecular flexibility index (Phi) is 4.21. The van der Waals surface area contributed by atoms with E-state index in [-0.39, 0.29) is 0 Å². The van der Waals surface area contributed by atoms with E-state index in [1.54, 1.807) is 0 Å². The summed E-state index contributed by atoms with van der Waals surface area (Å²) in [6.07, 6.45) is 6.16. The molecule has 2 aromatic rings. The molecular formula is C15H18ClN3O. The van der Waals surface area contributed by atoms with Crippen LogP contribution in [-0.2, 0) is 6.54 Å². The van der Waals surface area contributed by atoms with E-state index in [2.05, 4.69) is 15.5 Å². The van der Waals surface area contributed by atoms with Crippen molar-refractivity contribution in [2.75, 3.05) is 5.32 Å². The zero-order chi connectivity index (χ0) is 13.8. The second-order valence-corrected chi connectivity index (χ2v) is 5.63. The second-order valence-electron chi connectivity index (χ2n) is 5.23. The fourth-order valence-corrected chi connectivity index (χ4v) is 2.84. The van der Waals surface area contributed by atoms with Gasteiger partial charge in [0.05, 0.1) is 0 Å². The topological polar surface area (TPSA) is 51.0 Å². The van der Waals surface area contributed by atoms with Gasteiger partial charge in [-0.1, -0.05) is 54.2 Å². The number of rotatable bonds is 4. The van der Waals surface area contributed by atoms with E-state index in [9.17, 15) is 0 Å². The summed E-state index contributed by atoms with van der Waals surface area (Å²) in [5, 5.41) is 12.1. The van der Waals surface area contributed by atoms with Crippen LogP contribution in [-0.4, -0.2) is 10.2 Å². The van der Waals surface area contributed by atoms with Crippen molar-refractivity contribution in [1.29, 1.82) is 0 Å². The average Bonchev–Trinajstić information content (AvgIpc) is 2.96. The Morgan fingerprint density at radius 2 is 1.95 bits per heavy atom. The van der Waals surface area contributed by atoms with Crippen molar-refractivity contribution in [2.45, 2.75) is 44.6 Å². The van der Waals surface area contributed by atoms with Crippen molar-refractivity contribution in [2.24, 2.45) is 0 Å². The fourth-order valence-electron chi connectivity index (χ4n) is 2.63. The first-order valence-corrected chi connectivity index (χ1v) is 7.51. The number of aromatic nitrogens is 2. The van der Waals surface area contributed by atoms with Crippen LogP contribution in [0.25, 0.3) is 0 Å². The highest BCUT2D eigenvalue weighted by Crippen LogP contribution is 2.32. The molecule has 1 saturated carbocycles.